The molecule has 29 heavy (non-hydrogen) atoms. The molecule has 0 saturated carbocycles. The highest BCUT2D eigenvalue weighted by Crippen LogP contribution is 2.39. The lowest BCUT2D eigenvalue weighted by molar-refractivity contribution is -0.137. The van der Waals surface area contributed by atoms with Gasteiger partial charge in [-0.15, -0.1) is 0 Å². The summed E-state index contributed by atoms with van der Waals surface area (Å²) in [6.07, 6.45) is 0. The molecule has 0 atom stereocenters. The number of carbonyl (C=O) groups is 1. The van der Waals surface area contributed by atoms with E-state index in [-0.39, 0.29) is 12.1 Å². The fourth-order valence-electron chi connectivity index (χ4n) is 2.57. The van der Waals surface area contributed by atoms with Crippen LogP contribution >= 0.6 is 23.4 Å². The van der Waals surface area contributed by atoms with Gasteiger partial charge in [-0.1, -0.05) is 41.6 Å². The summed E-state index contributed by atoms with van der Waals surface area (Å²) < 4.78 is 13.0. The molecule has 0 unspecified atom stereocenters. The van der Waals surface area contributed by atoms with Crippen LogP contribution in [-0.2, 0) is 10.3 Å². The standard InChI is InChI=1S/C22H23ClN2O3S/c1-15-20(29-18-8-6-5-7-9-18)21(25(24-15)22(2,3)4)28-19(26)14-27-17-12-10-16(23)11-13-17/h5-13H,14H2,1-4H3. The quantitative estimate of drug-likeness (QED) is 0.467. The molecular formula is C22H23ClN2O3S. The maximum Gasteiger partial charge on any atom is 0.350 e. The number of benzene rings is 2. The Morgan fingerprint density at radius 2 is 1.76 bits per heavy atom. The molecule has 0 aliphatic heterocycles. The number of aryl methyl sites for hydroxylation is 1. The molecule has 0 bridgehead atoms. The molecule has 1 aromatic heterocycles. The van der Waals surface area contributed by atoms with Crippen molar-refractivity contribution in [3.63, 3.8) is 0 Å². The van der Waals surface area contributed by atoms with Crippen LogP contribution in [0.2, 0.25) is 5.02 Å². The summed E-state index contributed by atoms with van der Waals surface area (Å²) in [4.78, 5) is 14.4. The first-order valence-corrected chi connectivity index (χ1v) is 10.4. The predicted octanol–water partition coefficient (Wildman–Crippen LogP) is 5.74. The van der Waals surface area contributed by atoms with E-state index in [4.69, 9.17) is 21.1 Å². The summed E-state index contributed by atoms with van der Waals surface area (Å²) >= 11 is 7.39. The van der Waals surface area contributed by atoms with Gasteiger partial charge in [-0.25, -0.2) is 9.48 Å². The molecule has 1 heterocycles. The first kappa shape index (κ1) is 21.3. The molecule has 0 saturated heterocycles. The smallest absolute Gasteiger partial charge is 0.350 e. The second-order valence-corrected chi connectivity index (χ2v) is 8.95. The lowest BCUT2D eigenvalue weighted by Gasteiger charge is -2.22. The summed E-state index contributed by atoms with van der Waals surface area (Å²) in [5.74, 6) is 0.472. The second-order valence-electron chi connectivity index (χ2n) is 7.43. The third kappa shape index (κ3) is 5.55. The van der Waals surface area contributed by atoms with Gasteiger partial charge < -0.3 is 9.47 Å². The molecule has 7 heteroatoms. The van der Waals surface area contributed by atoms with E-state index in [1.807, 2.05) is 58.0 Å². The van der Waals surface area contributed by atoms with Crippen LogP contribution in [0.4, 0.5) is 0 Å². The molecule has 0 N–H and O–H groups in total. The van der Waals surface area contributed by atoms with Crippen LogP contribution in [0.15, 0.2) is 64.4 Å². The maximum absolute atomic E-state index is 12.5. The fourth-order valence-corrected chi connectivity index (χ4v) is 3.63. The average Bonchev–Trinajstić information content (AvgIpc) is 2.98. The van der Waals surface area contributed by atoms with Crippen molar-refractivity contribution in [2.24, 2.45) is 0 Å². The van der Waals surface area contributed by atoms with Gasteiger partial charge in [0.1, 0.15) is 5.75 Å². The zero-order valence-corrected chi connectivity index (χ0v) is 18.4. The van der Waals surface area contributed by atoms with Crippen molar-refractivity contribution in [3.05, 3.63) is 65.3 Å². The summed E-state index contributed by atoms with van der Waals surface area (Å²) in [6, 6.07) is 16.7. The first-order valence-electron chi connectivity index (χ1n) is 9.16. The highest BCUT2D eigenvalue weighted by molar-refractivity contribution is 7.99. The Balaban J connectivity index is 1.81. The highest BCUT2D eigenvalue weighted by Gasteiger charge is 2.27. The molecule has 0 aliphatic rings. The van der Waals surface area contributed by atoms with Crippen LogP contribution in [-0.4, -0.2) is 22.4 Å². The number of ether oxygens (including phenoxy) is 2. The van der Waals surface area contributed by atoms with Crippen molar-refractivity contribution in [1.82, 2.24) is 9.78 Å². The van der Waals surface area contributed by atoms with Gasteiger partial charge in [0.05, 0.1) is 16.1 Å². The zero-order valence-electron chi connectivity index (χ0n) is 16.8. The van der Waals surface area contributed by atoms with Gasteiger partial charge in [0.15, 0.2) is 6.61 Å². The number of rotatable bonds is 6. The molecule has 0 radical (unpaired) electrons. The molecule has 152 valence electrons. The van der Waals surface area contributed by atoms with Crippen molar-refractivity contribution in [2.45, 2.75) is 43.0 Å². The average molecular weight is 431 g/mol. The van der Waals surface area contributed by atoms with Crippen molar-refractivity contribution in [1.29, 1.82) is 0 Å². The molecule has 0 aliphatic carbocycles. The van der Waals surface area contributed by atoms with Gasteiger partial charge in [-0.3, -0.25) is 0 Å². The van der Waals surface area contributed by atoms with Crippen LogP contribution in [0.1, 0.15) is 26.5 Å². The Morgan fingerprint density at radius 3 is 2.38 bits per heavy atom. The van der Waals surface area contributed by atoms with Gasteiger partial charge >= 0.3 is 5.97 Å². The van der Waals surface area contributed by atoms with Gasteiger partial charge in [-0.2, -0.15) is 5.10 Å². The summed E-state index contributed by atoms with van der Waals surface area (Å²) in [6.45, 7) is 7.73. The summed E-state index contributed by atoms with van der Waals surface area (Å²) in [5, 5.41) is 5.23. The highest BCUT2D eigenvalue weighted by atomic mass is 35.5. The molecule has 5 nitrogen and oxygen atoms in total. The maximum atomic E-state index is 12.5. The molecule has 0 spiro atoms. The van der Waals surface area contributed by atoms with Gasteiger partial charge in [0.2, 0.25) is 5.88 Å². The van der Waals surface area contributed by atoms with E-state index >= 15 is 0 Å². The molecule has 0 fully saturated rings. The van der Waals surface area contributed by atoms with Crippen LogP contribution in [0.5, 0.6) is 11.6 Å². The van der Waals surface area contributed by atoms with Crippen molar-refractivity contribution >= 4 is 29.3 Å². The number of hydrogen-bond donors (Lipinski definition) is 0. The molecular weight excluding hydrogens is 408 g/mol. The molecule has 3 rings (SSSR count). The van der Waals surface area contributed by atoms with Crippen LogP contribution in [0, 0.1) is 6.92 Å². The van der Waals surface area contributed by atoms with Gasteiger partial charge in [-0.05, 0) is 64.1 Å². The minimum absolute atomic E-state index is 0.217. The normalized spacial score (nSPS) is 11.3. The van der Waals surface area contributed by atoms with Crippen LogP contribution < -0.4 is 9.47 Å². The number of esters is 1. The lowest BCUT2D eigenvalue weighted by Crippen LogP contribution is -2.27. The number of nitrogens with zero attached hydrogens (tertiary/aromatic N) is 2. The Hall–Kier alpha value is -2.44. The minimum atomic E-state index is -0.500. The van der Waals surface area contributed by atoms with E-state index in [2.05, 4.69) is 5.10 Å². The predicted molar refractivity (Wildman–Crippen MR) is 115 cm³/mol. The van der Waals surface area contributed by atoms with Crippen LogP contribution in [0.3, 0.4) is 0 Å². The molecule has 2 aromatic carbocycles. The number of carbonyl (C=O) groups excluding carboxylic acids is 1. The SMILES string of the molecule is Cc1nn(C(C)(C)C)c(OC(=O)COc2ccc(Cl)cc2)c1Sc1ccccc1. The van der Waals surface area contributed by atoms with E-state index in [1.54, 1.807) is 28.9 Å². The van der Waals surface area contributed by atoms with Gasteiger partial charge in [0.25, 0.3) is 0 Å². The largest absolute Gasteiger partial charge is 0.482 e. The number of aromatic nitrogens is 2. The third-order valence-electron chi connectivity index (χ3n) is 3.94. The Labute approximate surface area is 180 Å². The number of hydrogen-bond acceptors (Lipinski definition) is 5. The topological polar surface area (TPSA) is 53.4 Å². The zero-order chi connectivity index (χ0) is 21.0. The Kier molecular flexibility index (Phi) is 6.55. The van der Waals surface area contributed by atoms with E-state index in [0.717, 1.165) is 15.5 Å². The lowest BCUT2D eigenvalue weighted by atomic mass is 10.1. The third-order valence-corrected chi connectivity index (χ3v) is 5.38. The number of halogens is 1. The Morgan fingerprint density at radius 1 is 1.10 bits per heavy atom. The molecule has 3 aromatic rings. The van der Waals surface area contributed by atoms with Gasteiger partial charge in [0, 0.05) is 9.92 Å². The van der Waals surface area contributed by atoms with E-state index in [0.29, 0.717) is 16.7 Å². The fraction of sp³-hybridized carbons (Fsp3) is 0.273. The monoisotopic (exact) mass is 430 g/mol. The van der Waals surface area contributed by atoms with E-state index in [1.165, 1.54) is 11.8 Å². The Bertz CT molecular complexity index is 980. The molecule has 0 amide bonds. The summed E-state index contributed by atoms with van der Waals surface area (Å²) in [7, 11) is 0. The van der Waals surface area contributed by atoms with Crippen LogP contribution in [0.25, 0.3) is 0 Å². The summed E-state index contributed by atoms with van der Waals surface area (Å²) in [5.41, 5.74) is 0.447. The minimum Gasteiger partial charge on any atom is -0.482 e. The first-order chi connectivity index (χ1) is 13.7. The van der Waals surface area contributed by atoms with Crippen molar-refractivity contribution in [2.75, 3.05) is 6.61 Å². The van der Waals surface area contributed by atoms with Crippen molar-refractivity contribution < 1.29 is 14.3 Å². The van der Waals surface area contributed by atoms with E-state index < -0.39 is 5.97 Å². The second kappa shape index (κ2) is 8.93. The van der Waals surface area contributed by atoms with Crippen molar-refractivity contribution in [3.8, 4) is 11.6 Å². The van der Waals surface area contributed by atoms with E-state index in [9.17, 15) is 4.79 Å².